The Morgan fingerprint density at radius 2 is 2.07 bits per heavy atom. The first kappa shape index (κ1) is 10.4. The van der Waals surface area contributed by atoms with Crippen molar-refractivity contribution in [2.45, 2.75) is 25.3 Å². The smallest absolute Gasteiger partial charge is 0.0507 e. The van der Waals surface area contributed by atoms with Gasteiger partial charge in [0.2, 0.25) is 0 Å². The highest BCUT2D eigenvalue weighted by molar-refractivity contribution is 4.77. The Morgan fingerprint density at radius 1 is 1.29 bits per heavy atom. The van der Waals surface area contributed by atoms with E-state index in [0.717, 1.165) is 31.7 Å². The van der Waals surface area contributed by atoms with Crippen LogP contribution < -0.4 is 5.32 Å². The third kappa shape index (κ3) is 2.94. The van der Waals surface area contributed by atoms with Gasteiger partial charge in [-0.3, -0.25) is 0 Å². The average molecular weight is 198 g/mol. The van der Waals surface area contributed by atoms with Gasteiger partial charge in [0.1, 0.15) is 0 Å². The van der Waals surface area contributed by atoms with Gasteiger partial charge in [-0.05, 0) is 45.3 Å². The minimum absolute atomic E-state index is 0.756. The molecule has 82 valence electrons. The molecule has 2 rings (SSSR count). The number of rotatable bonds is 3. The van der Waals surface area contributed by atoms with Crippen molar-refractivity contribution in [3.8, 4) is 0 Å². The largest absolute Gasteiger partial charge is 0.381 e. The molecule has 0 aromatic carbocycles. The maximum absolute atomic E-state index is 5.37. The van der Waals surface area contributed by atoms with E-state index >= 15 is 0 Å². The van der Waals surface area contributed by atoms with Crippen LogP contribution in [0.4, 0.5) is 0 Å². The molecule has 0 spiro atoms. The van der Waals surface area contributed by atoms with E-state index in [-0.39, 0.29) is 0 Å². The van der Waals surface area contributed by atoms with Crippen LogP contribution in [0.3, 0.4) is 0 Å². The SMILES string of the molecule is CN1CCC(NCC2CCOC2)CC1. The van der Waals surface area contributed by atoms with Crippen LogP contribution in [0.25, 0.3) is 0 Å². The maximum atomic E-state index is 5.37. The first-order valence-electron chi connectivity index (χ1n) is 5.84. The summed E-state index contributed by atoms with van der Waals surface area (Å²) in [5, 5.41) is 3.68. The number of ether oxygens (including phenoxy) is 1. The van der Waals surface area contributed by atoms with Gasteiger partial charge in [-0.25, -0.2) is 0 Å². The fourth-order valence-electron chi connectivity index (χ4n) is 2.29. The van der Waals surface area contributed by atoms with Crippen LogP contribution in [-0.4, -0.2) is 50.8 Å². The zero-order valence-corrected chi connectivity index (χ0v) is 9.17. The van der Waals surface area contributed by atoms with Crippen molar-refractivity contribution in [2.24, 2.45) is 5.92 Å². The number of nitrogens with one attached hydrogen (secondary N) is 1. The van der Waals surface area contributed by atoms with Crippen LogP contribution in [0.15, 0.2) is 0 Å². The van der Waals surface area contributed by atoms with Crippen molar-refractivity contribution < 1.29 is 4.74 Å². The molecule has 0 aromatic rings. The van der Waals surface area contributed by atoms with Crippen LogP contribution in [0, 0.1) is 5.92 Å². The highest BCUT2D eigenvalue weighted by atomic mass is 16.5. The molecule has 0 amide bonds. The Morgan fingerprint density at radius 3 is 2.71 bits per heavy atom. The molecule has 3 heteroatoms. The second kappa shape index (κ2) is 5.10. The molecule has 0 aromatic heterocycles. The summed E-state index contributed by atoms with van der Waals surface area (Å²) in [6, 6.07) is 0.756. The van der Waals surface area contributed by atoms with Gasteiger partial charge >= 0.3 is 0 Å². The fraction of sp³-hybridized carbons (Fsp3) is 1.00. The lowest BCUT2D eigenvalue weighted by Crippen LogP contribution is -2.42. The van der Waals surface area contributed by atoms with E-state index in [9.17, 15) is 0 Å². The number of nitrogens with zero attached hydrogens (tertiary/aromatic N) is 1. The van der Waals surface area contributed by atoms with Gasteiger partial charge in [0.15, 0.2) is 0 Å². The monoisotopic (exact) mass is 198 g/mol. The number of likely N-dealkylation sites (tertiary alicyclic amines) is 1. The average Bonchev–Trinajstić information content (AvgIpc) is 2.70. The minimum Gasteiger partial charge on any atom is -0.381 e. The number of hydrogen-bond donors (Lipinski definition) is 1. The maximum Gasteiger partial charge on any atom is 0.0507 e. The second-order valence-electron chi connectivity index (χ2n) is 4.72. The summed E-state index contributed by atoms with van der Waals surface area (Å²) in [4.78, 5) is 2.41. The summed E-state index contributed by atoms with van der Waals surface area (Å²) in [6.45, 7) is 5.60. The molecule has 2 aliphatic rings. The van der Waals surface area contributed by atoms with E-state index in [1.807, 2.05) is 0 Å². The van der Waals surface area contributed by atoms with E-state index in [0.29, 0.717) is 0 Å². The standard InChI is InChI=1S/C11H22N2O/c1-13-5-2-11(3-6-13)12-8-10-4-7-14-9-10/h10-12H,2-9H2,1H3. The molecule has 2 heterocycles. The highest BCUT2D eigenvalue weighted by Crippen LogP contribution is 2.13. The van der Waals surface area contributed by atoms with Crippen molar-refractivity contribution in [3.05, 3.63) is 0 Å². The molecule has 0 radical (unpaired) electrons. The van der Waals surface area contributed by atoms with E-state index in [1.54, 1.807) is 0 Å². The molecule has 1 unspecified atom stereocenters. The molecule has 0 bridgehead atoms. The van der Waals surface area contributed by atoms with Crippen LogP contribution in [-0.2, 0) is 4.74 Å². The van der Waals surface area contributed by atoms with Crippen molar-refractivity contribution >= 4 is 0 Å². The van der Waals surface area contributed by atoms with Crippen LogP contribution >= 0.6 is 0 Å². The van der Waals surface area contributed by atoms with Gasteiger partial charge in [0.05, 0.1) is 6.61 Å². The third-order valence-electron chi connectivity index (χ3n) is 3.44. The summed E-state index contributed by atoms with van der Waals surface area (Å²) >= 11 is 0. The topological polar surface area (TPSA) is 24.5 Å². The predicted octanol–water partition coefficient (Wildman–Crippen LogP) is 0.707. The van der Waals surface area contributed by atoms with Gasteiger partial charge < -0.3 is 15.0 Å². The molecule has 2 saturated heterocycles. The van der Waals surface area contributed by atoms with Gasteiger partial charge in [0.25, 0.3) is 0 Å². The van der Waals surface area contributed by atoms with Crippen molar-refractivity contribution in [2.75, 3.05) is 39.9 Å². The Hall–Kier alpha value is -0.120. The van der Waals surface area contributed by atoms with E-state index < -0.39 is 0 Å². The fourth-order valence-corrected chi connectivity index (χ4v) is 2.29. The van der Waals surface area contributed by atoms with Crippen molar-refractivity contribution in [1.82, 2.24) is 10.2 Å². The zero-order valence-electron chi connectivity index (χ0n) is 9.17. The van der Waals surface area contributed by atoms with E-state index in [4.69, 9.17) is 4.74 Å². The molecule has 1 atom stereocenters. The first-order chi connectivity index (χ1) is 6.84. The lowest BCUT2D eigenvalue weighted by molar-refractivity contribution is 0.181. The quantitative estimate of drug-likeness (QED) is 0.723. The lowest BCUT2D eigenvalue weighted by Gasteiger charge is -2.30. The first-order valence-corrected chi connectivity index (χ1v) is 5.84. The number of piperidine rings is 1. The highest BCUT2D eigenvalue weighted by Gasteiger charge is 2.19. The van der Waals surface area contributed by atoms with Gasteiger partial charge in [0, 0.05) is 19.2 Å². The summed E-state index contributed by atoms with van der Waals surface area (Å²) in [5.41, 5.74) is 0. The Kier molecular flexibility index (Phi) is 3.79. The van der Waals surface area contributed by atoms with E-state index in [1.165, 1.54) is 32.4 Å². The molecular weight excluding hydrogens is 176 g/mol. The molecule has 2 aliphatic heterocycles. The molecule has 14 heavy (non-hydrogen) atoms. The minimum atomic E-state index is 0.756. The van der Waals surface area contributed by atoms with Gasteiger partial charge in [-0.1, -0.05) is 0 Å². The Bertz CT molecular complexity index is 161. The van der Waals surface area contributed by atoms with Crippen LogP contribution in [0.1, 0.15) is 19.3 Å². The summed E-state index contributed by atoms with van der Waals surface area (Å²) in [5.74, 6) is 0.773. The summed E-state index contributed by atoms with van der Waals surface area (Å²) < 4.78 is 5.37. The molecule has 0 saturated carbocycles. The molecular formula is C11H22N2O. The Balaban J connectivity index is 1.60. The third-order valence-corrected chi connectivity index (χ3v) is 3.44. The lowest BCUT2D eigenvalue weighted by atomic mass is 10.0. The van der Waals surface area contributed by atoms with Crippen molar-refractivity contribution in [3.63, 3.8) is 0 Å². The van der Waals surface area contributed by atoms with Crippen molar-refractivity contribution in [1.29, 1.82) is 0 Å². The summed E-state index contributed by atoms with van der Waals surface area (Å²) in [6.07, 6.45) is 3.87. The normalized spacial score (nSPS) is 31.1. The molecule has 3 nitrogen and oxygen atoms in total. The molecule has 0 aliphatic carbocycles. The van der Waals surface area contributed by atoms with Crippen LogP contribution in [0.2, 0.25) is 0 Å². The molecule has 1 N–H and O–H groups in total. The zero-order chi connectivity index (χ0) is 9.80. The summed E-state index contributed by atoms with van der Waals surface area (Å²) in [7, 11) is 2.21. The predicted molar refractivity (Wildman–Crippen MR) is 57.4 cm³/mol. The van der Waals surface area contributed by atoms with Crippen LogP contribution in [0.5, 0.6) is 0 Å². The molecule has 2 fully saturated rings. The number of hydrogen-bond acceptors (Lipinski definition) is 3. The Labute approximate surface area is 86.8 Å². The van der Waals surface area contributed by atoms with Gasteiger partial charge in [-0.2, -0.15) is 0 Å². The second-order valence-corrected chi connectivity index (χ2v) is 4.72. The van der Waals surface area contributed by atoms with E-state index in [2.05, 4.69) is 17.3 Å². The van der Waals surface area contributed by atoms with Gasteiger partial charge in [-0.15, -0.1) is 0 Å².